The maximum atomic E-state index is 14.1. The molecule has 8 rings (SSSR count). The van der Waals surface area contributed by atoms with Gasteiger partial charge in [0.25, 0.3) is 0 Å². The van der Waals surface area contributed by atoms with Crippen LogP contribution in [0.25, 0.3) is 21.8 Å². The minimum absolute atomic E-state index is 0.0198. The monoisotopic (exact) mass is 888 g/mol. The van der Waals surface area contributed by atoms with Gasteiger partial charge in [0.05, 0.1) is 17.0 Å². The normalized spacial score (nSPS) is 24.2. The van der Waals surface area contributed by atoms with Gasteiger partial charge in [0.1, 0.15) is 18.1 Å². The number of benzene rings is 3. The van der Waals surface area contributed by atoms with Gasteiger partial charge in [-0.15, -0.1) is 0 Å². The summed E-state index contributed by atoms with van der Waals surface area (Å²) in [7, 11) is 1.70. The summed E-state index contributed by atoms with van der Waals surface area (Å²) in [5.41, 5.74) is 8.59. The zero-order chi connectivity index (χ0) is 45.9. The SMILES string of the molecule is C[C@H]1CN(C(=O)CC2CCC(Cc3ccc4c(c3)n(C)c(=O)n4C3CCC(=O)NC3=O)CC2)CC[C@H]2CC[C@@H](C(=O)N[C@@H](CCC(N)=O)C(=O)NCc3cccc4ccccc34)N2C1=O. The van der Waals surface area contributed by atoms with Gasteiger partial charge in [-0.2, -0.15) is 0 Å². The third-order valence-corrected chi connectivity index (χ3v) is 14.3. The zero-order valence-corrected chi connectivity index (χ0v) is 37.3. The molecule has 5 atom stereocenters. The Balaban J connectivity index is 0.831. The second-order valence-electron chi connectivity index (χ2n) is 18.7. The molecule has 65 heavy (non-hydrogen) atoms. The molecule has 3 aliphatic heterocycles. The number of rotatable bonds is 13. The fourth-order valence-corrected chi connectivity index (χ4v) is 10.7. The van der Waals surface area contributed by atoms with E-state index in [1.165, 1.54) is 4.57 Å². The van der Waals surface area contributed by atoms with E-state index in [1.54, 1.807) is 23.4 Å². The fraction of sp³-hybridized carbons (Fsp3) is 0.510. The summed E-state index contributed by atoms with van der Waals surface area (Å²) in [4.78, 5) is 108. The van der Waals surface area contributed by atoms with E-state index in [-0.39, 0.29) is 74.1 Å². The van der Waals surface area contributed by atoms with Crippen LogP contribution in [0.2, 0.25) is 0 Å². The van der Waals surface area contributed by atoms with Crippen molar-refractivity contribution >= 4 is 63.2 Å². The van der Waals surface area contributed by atoms with Gasteiger partial charge >= 0.3 is 5.69 Å². The molecule has 4 aromatic rings. The Hall–Kier alpha value is -6.32. The lowest BCUT2D eigenvalue weighted by atomic mass is 9.78. The molecular weight excluding hydrogens is 829 g/mol. The quantitative estimate of drug-likeness (QED) is 0.146. The molecule has 3 saturated heterocycles. The van der Waals surface area contributed by atoms with Gasteiger partial charge in [-0.05, 0) is 110 Å². The molecule has 1 aromatic heterocycles. The van der Waals surface area contributed by atoms with Crippen LogP contribution in [0.3, 0.4) is 0 Å². The Kier molecular flexibility index (Phi) is 13.5. The predicted molar refractivity (Wildman–Crippen MR) is 243 cm³/mol. The van der Waals surface area contributed by atoms with Gasteiger partial charge in [-0.1, -0.05) is 55.5 Å². The van der Waals surface area contributed by atoms with Crippen LogP contribution in [0.1, 0.15) is 101 Å². The van der Waals surface area contributed by atoms with Crippen LogP contribution in [0.5, 0.6) is 0 Å². The van der Waals surface area contributed by atoms with E-state index in [4.69, 9.17) is 5.73 Å². The van der Waals surface area contributed by atoms with Crippen LogP contribution < -0.4 is 27.4 Å². The third-order valence-electron chi connectivity index (χ3n) is 14.3. The molecule has 4 heterocycles. The summed E-state index contributed by atoms with van der Waals surface area (Å²) >= 11 is 0. The highest BCUT2D eigenvalue weighted by Crippen LogP contribution is 2.35. The van der Waals surface area contributed by atoms with Crippen molar-refractivity contribution in [1.82, 2.24) is 34.9 Å². The van der Waals surface area contributed by atoms with Crippen molar-refractivity contribution in [2.75, 3.05) is 13.1 Å². The molecule has 4 fully saturated rings. The van der Waals surface area contributed by atoms with Crippen LogP contribution >= 0.6 is 0 Å². The van der Waals surface area contributed by atoms with Gasteiger partial charge in [0, 0.05) is 52.0 Å². The van der Waals surface area contributed by atoms with E-state index in [9.17, 15) is 38.4 Å². The highest BCUT2D eigenvalue weighted by molar-refractivity contribution is 6.00. The topological polar surface area (TPSA) is 215 Å². The number of imidazole rings is 1. The number of imide groups is 1. The van der Waals surface area contributed by atoms with E-state index in [2.05, 4.69) is 16.0 Å². The Morgan fingerprint density at radius 3 is 2.38 bits per heavy atom. The smallest absolute Gasteiger partial charge is 0.329 e. The lowest BCUT2D eigenvalue weighted by Gasteiger charge is -2.38. The van der Waals surface area contributed by atoms with Gasteiger partial charge in [-0.25, -0.2) is 4.79 Å². The number of primary amides is 1. The number of nitrogens with two attached hydrogens (primary N) is 1. The number of piperidine rings is 1. The van der Waals surface area contributed by atoms with Crippen LogP contribution in [0, 0.1) is 17.8 Å². The summed E-state index contributed by atoms with van der Waals surface area (Å²) in [5, 5.41) is 10.2. The average Bonchev–Trinajstić information content (AvgIpc) is 3.82. The number of carbonyl (C=O) groups excluding carboxylic acids is 7. The number of aryl methyl sites for hydroxylation is 1. The molecule has 3 aromatic carbocycles. The van der Waals surface area contributed by atoms with Crippen LogP contribution in [-0.2, 0) is 53.6 Å². The van der Waals surface area contributed by atoms with Gasteiger partial charge in [0.2, 0.25) is 41.4 Å². The number of amides is 7. The van der Waals surface area contributed by atoms with E-state index in [1.807, 2.05) is 65.6 Å². The molecule has 344 valence electrons. The molecular formula is C49H60N8O8. The first-order valence-corrected chi connectivity index (χ1v) is 23.2. The van der Waals surface area contributed by atoms with E-state index < -0.39 is 47.7 Å². The molecule has 1 saturated carbocycles. The Morgan fingerprint density at radius 2 is 1.62 bits per heavy atom. The van der Waals surface area contributed by atoms with Crippen molar-refractivity contribution < 1.29 is 33.6 Å². The molecule has 4 aliphatic rings. The number of hydrogen-bond acceptors (Lipinski definition) is 8. The van der Waals surface area contributed by atoms with Gasteiger partial charge < -0.3 is 26.2 Å². The van der Waals surface area contributed by atoms with Crippen LogP contribution in [-0.4, -0.2) is 91.5 Å². The number of carbonyl (C=O) groups is 7. The lowest BCUT2D eigenvalue weighted by molar-refractivity contribution is -0.147. The van der Waals surface area contributed by atoms with Gasteiger partial charge in [0.15, 0.2) is 0 Å². The third kappa shape index (κ3) is 9.86. The van der Waals surface area contributed by atoms with E-state index in [0.717, 1.165) is 59.5 Å². The van der Waals surface area contributed by atoms with Crippen LogP contribution in [0.15, 0.2) is 65.5 Å². The number of nitrogens with zero attached hydrogens (tertiary/aromatic N) is 4. The van der Waals surface area contributed by atoms with Crippen molar-refractivity contribution in [3.63, 3.8) is 0 Å². The van der Waals surface area contributed by atoms with E-state index in [0.29, 0.717) is 43.7 Å². The Labute approximate surface area is 377 Å². The van der Waals surface area contributed by atoms with Crippen molar-refractivity contribution in [2.45, 2.75) is 121 Å². The second kappa shape index (κ2) is 19.4. The number of nitrogens with one attached hydrogen (secondary N) is 3. The summed E-state index contributed by atoms with van der Waals surface area (Å²) in [5.74, 6) is -2.26. The van der Waals surface area contributed by atoms with E-state index >= 15 is 0 Å². The molecule has 5 N–H and O–H groups in total. The maximum Gasteiger partial charge on any atom is 0.329 e. The molecule has 16 nitrogen and oxygen atoms in total. The largest absolute Gasteiger partial charge is 0.370 e. The first kappa shape index (κ1) is 45.3. The standard InChI is InChI=1S/C49H60N8O8/c1-29-28-55(44(60)26-31-12-10-30(11-13-31)24-32-14-17-38-41(25-32)54(2)49(65)57(38)40-19-21-43(59)53-47(40)63)23-22-35-15-18-39(56(35)48(29)64)46(62)52-37(16-20-42(50)58)45(61)51-27-34-8-5-7-33-6-3-4-9-36(33)34/h3-9,14,17,25,29-31,35,37,39-40H,10-13,15-16,18-24,26-28H2,1-2H3,(H2,50,58)(H,51,61)(H,52,62)(H,53,59,63)/t29-,30?,31?,35+,37-,39-,40?/m0/s1. The Bertz CT molecular complexity index is 2570. The number of aromatic nitrogens is 2. The highest BCUT2D eigenvalue weighted by atomic mass is 16.2. The molecule has 0 radical (unpaired) electrons. The number of fused-ring (bicyclic) bond motifs is 3. The highest BCUT2D eigenvalue weighted by Gasteiger charge is 2.45. The molecule has 0 spiro atoms. The van der Waals surface area contributed by atoms with Crippen LogP contribution in [0.4, 0.5) is 0 Å². The molecule has 7 amide bonds. The maximum absolute atomic E-state index is 14.1. The van der Waals surface area contributed by atoms with Crippen molar-refractivity contribution in [2.24, 2.45) is 30.5 Å². The average molecular weight is 889 g/mol. The summed E-state index contributed by atoms with van der Waals surface area (Å²) in [6, 6.07) is 16.9. The van der Waals surface area contributed by atoms with Crippen molar-refractivity contribution in [1.29, 1.82) is 0 Å². The van der Waals surface area contributed by atoms with Gasteiger partial charge in [-0.3, -0.25) is 48.0 Å². The van der Waals surface area contributed by atoms with Crippen molar-refractivity contribution in [3.05, 3.63) is 82.3 Å². The molecule has 1 aliphatic carbocycles. The Morgan fingerprint density at radius 1 is 0.862 bits per heavy atom. The molecule has 0 bridgehead atoms. The zero-order valence-electron chi connectivity index (χ0n) is 37.3. The summed E-state index contributed by atoms with van der Waals surface area (Å²) in [6.07, 6.45) is 6.99. The minimum atomic E-state index is -1.03. The predicted octanol–water partition coefficient (Wildman–Crippen LogP) is 3.50. The first-order valence-electron chi connectivity index (χ1n) is 23.2. The lowest BCUT2D eigenvalue weighted by Crippen LogP contribution is -2.57. The second-order valence-corrected chi connectivity index (χ2v) is 18.7. The minimum Gasteiger partial charge on any atom is -0.370 e. The fourth-order valence-electron chi connectivity index (χ4n) is 10.7. The first-order chi connectivity index (χ1) is 31.2. The molecule has 1 unspecified atom stereocenters. The van der Waals surface area contributed by atoms with Crippen molar-refractivity contribution in [3.8, 4) is 0 Å². The summed E-state index contributed by atoms with van der Waals surface area (Å²) < 4.78 is 3.06. The summed E-state index contributed by atoms with van der Waals surface area (Å²) in [6.45, 7) is 2.77. The number of hydrogen-bond donors (Lipinski definition) is 4. The molecule has 16 heteroatoms.